The molecule has 0 amide bonds. The number of nitrogens with one attached hydrogen (secondary N) is 1. The summed E-state index contributed by atoms with van der Waals surface area (Å²) in [5.74, 6) is -0.236. The highest BCUT2D eigenvalue weighted by Gasteiger charge is 2.13. The van der Waals surface area contributed by atoms with Gasteiger partial charge in [-0.05, 0) is 63.7 Å². The smallest absolute Gasteiger partial charge is 0.137 e. The van der Waals surface area contributed by atoms with Gasteiger partial charge in [-0.2, -0.15) is 0 Å². The lowest BCUT2D eigenvalue weighted by Crippen LogP contribution is -2.11. The van der Waals surface area contributed by atoms with Gasteiger partial charge >= 0.3 is 0 Å². The molecule has 1 unspecified atom stereocenters. The topological polar surface area (TPSA) is 12.0 Å². The first-order chi connectivity index (χ1) is 9.77. The fraction of sp³-hybridized carbons (Fsp3) is 0.333. The molecule has 2 aromatic rings. The fourth-order valence-electron chi connectivity index (χ4n) is 2.18. The van der Waals surface area contributed by atoms with Gasteiger partial charge in [-0.25, -0.2) is 4.39 Å². The SMILES string of the molecule is CC(Nc1ccc(C(C)(C)C)cc1)c1ccc(F)c(Br)c1. The van der Waals surface area contributed by atoms with Gasteiger partial charge in [-0.3, -0.25) is 0 Å². The molecular formula is C18H21BrFN. The fourth-order valence-corrected chi connectivity index (χ4v) is 2.58. The molecule has 0 aliphatic rings. The molecule has 21 heavy (non-hydrogen) atoms. The van der Waals surface area contributed by atoms with Crippen LogP contribution >= 0.6 is 15.9 Å². The Kier molecular flexibility index (Phi) is 4.72. The molecule has 1 N–H and O–H groups in total. The van der Waals surface area contributed by atoms with E-state index in [9.17, 15) is 4.39 Å². The van der Waals surface area contributed by atoms with Gasteiger partial charge in [0.25, 0.3) is 0 Å². The highest BCUT2D eigenvalue weighted by atomic mass is 79.9. The molecule has 0 fully saturated rings. The van der Waals surface area contributed by atoms with Crippen LogP contribution in [-0.4, -0.2) is 0 Å². The summed E-state index contributed by atoms with van der Waals surface area (Å²) in [5, 5.41) is 3.44. The summed E-state index contributed by atoms with van der Waals surface area (Å²) >= 11 is 3.23. The number of hydrogen-bond acceptors (Lipinski definition) is 1. The molecule has 0 aliphatic carbocycles. The van der Waals surface area contributed by atoms with E-state index >= 15 is 0 Å². The van der Waals surface area contributed by atoms with Crippen LogP contribution in [0.25, 0.3) is 0 Å². The van der Waals surface area contributed by atoms with Crippen LogP contribution in [0.3, 0.4) is 0 Å². The number of benzene rings is 2. The Morgan fingerprint density at radius 3 is 2.19 bits per heavy atom. The van der Waals surface area contributed by atoms with Crippen LogP contribution in [0.2, 0.25) is 0 Å². The Balaban J connectivity index is 2.12. The van der Waals surface area contributed by atoms with E-state index in [0.29, 0.717) is 4.47 Å². The van der Waals surface area contributed by atoms with Gasteiger partial charge in [0, 0.05) is 11.7 Å². The van der Waals surface area contributed by atoms with Crippen molar-refractivity contribution in [3.63, 3.8) is 0 Å². The van der Waals surface area contributed by atoms with Crippen molar-refractivity contribution in [1.29, 1.82) is 0 Å². The zero-order chi connectivity index (χ0) is 15.6. The van der Waals surface area contributed by atoms with E-state index in [1.54, 1.807) is 6.07 Å². The predicted molar refractivity (Wildman–Crippen MR) is 91.3 cm³/mol. The minimum atomic E-state index is -0.236. The first-order valence-electron chi connectivity index (χ1n) is 7.09. The molecular weight excluding hydrogens is 329 g/mol. The first-order valence-corrected chi connectivity index (χ1v) is 7.89. The van der Waals surface area contributed by atoms with Gasteiger partial charge in [-0.15, -0.1) is 0 Å². The van der Waals surface area contributed by atoms with Gasteiger partial charge in [0.05, 0.1) is 4.47 Å². The van der Waals surface area contributed by atoms with Gasteiger partial charge in [0.15, 0.2) is 0 Å². The minimum absolute atomic E-state index is 0.113. The van der Waals surface area contributed by atoms with Gasteiger partial charge in [0.1, 0.15) is 5.82 Å². The highest BCUT2D eigenvalue weighted by molar-refractivity contribution is 9.10. The van der Waals surface area contributed by atoms with Crippen molar-refractivity contribution in [3.05, 3.63) is 63.9 Å². The van der Waals surface area contributed by atoms with E-state index in [4.69, 9.17) is 0 Å². The quantitative estimate of drug-likeness (QED) is 0.710. The Labute approximate surface area is 134 Å². The summed E-state index contributed by atoms with van der Waals surface area (Å²) in [6.07, 6.45) is 0. The second-order valence-corrected chi connectivity index (χ2v) is 7.22. The molecule has 2 rings (SSSR count). The van der Waals surface area contributed by atoms with E-state index < -0.39 is 0 Å². The third kappa shape index (κ3) is 4.07. The number of rotatable bonds is 3. The Morgan fingerprint density at radius 2 is 1.67 bits per heavy atom. The van der Waals surface area contributed by atoms with Crippen molar-refractivity contribution in [3.8, 4) is 0 Å². The van der Waals surface area contributed by atoms with E-state index in [1.165, 1.54) is 11.6 Å². The van der Waals surface area contributed by atoms with Crippen LogP contribution in [-0.2, 0) is 5.41 Å². The average molecular weight is 350 g/mol. The number of halogens is 2. The molecule has 1 atom stereocenters. The van der Waals surface area contributed by atoms with Crippen molar-refractivity contribution < 1.29 is 4.39 Å². The van der Waals surface area contributed by atoms with Gasteiger partial charge < -0.3 is 5.32 Å². The molecule has 0 saturated carbocycles. The van der Waals surface area contributed by atoms with E-state index in [0.717, 1.165) is 11.3 Å². The van der Waals surface area contributed by atoms with Gasteiger partial charge in [-0.1, -0.05) is 39.0 Å². The summed E-state index contributed by atoms with van der Waals surface area (Å²) in [7, 11) is 0. The van der Waals surface area contributed by atoms with Crippen LogP contribution in [0.15, 0.2) is 46.9 Å². The normalized spacial score (nSPS) is 13.0. The largest absolute Gasteiger partial charge is 0.379 e. The molecule has 0 aromatic heterocycles. The second-order valence-electron chi connectivity index (χ2n) is 6.37. The van der Waals surface area contributed by atoms with Crippen LogP contribution in [0, 0.1) is 5.82 Å². The Morgan fingerprint density at radius 1 is 1.05 bits per heavy atom. The van der Waals surface area contributed by atoms with Gasteiger partial charge in [0.2, 0.25) is 0 Å². The molecule has 0 aliphatic heterocycles. The van der Waals surface area contributed by atoms with Crippen LogP contribution in [0.4, 0.5) is 10.1 Å². The molecule has 3 heteroatoms. The number of anilines is 1. The monoisotopic (exact) mass is 349 g/mol. The van der Waals surface area contributed by atoms with E-state index in [1.807, 2.05) is 6.07 Å². The van der Waals surface area contributed by atoms with Crippen LogP contribution in [0.1, 0.15) is 44.9 Å². The van der Waals surface area contributed by atoms with E-state index in [-0.39, 0.29) is 17.3 Å². The molecule has 0 saturated heterocycles. The molecule has 112 valence electrons. The summed E-state index contributed by atoms with van der Waals surface area (Å²) in [4.78, 5) is 0. The van der Waals surface area contributed by atoms with Crippen molar-refractivity contribution in [2.45, 2.75) is 39.2 Å². The maximum Gasteiger partial charge on any atom is 0.137 e. The maximum atomic E-state index is 13.3. The number of hydrogen-bond donors (Lipinski definition) is 1. The second kappa shape index (κ2) is 6.18. The molecule has 0 bridgehead atoms. The zero-order valence-corrected chi connectivity index (χ0v) is 14.5. The summed E-state index contributed by atoms with van der Waals surface area (Å²) in [6.45, 7) is 8.67. The van der Waals surface area contributed by atoms with Crippen molar-refractivity contribution >= 4 is 21.6 Å². The van der Waals surface area contributed by atoms with E-state index in [2.05, 4.69) is 73.2 Å². The highest BCUT2D eigenvalue weighted by Crippen LogP contribution is 2.26. The minimum Gasteiger partial charge on any atom is -0.379 e. The average Bonchev–Trinajstić information content (AvgIpc) is 2.41. The lowest BCUT2D eigenvalue weighted by atomic mass is 9.87. The first kappa shape index (κ1) is 16.0. The van der Waals surface area contributed by atoms with Crippen molar-refractivity contribution in [2.24, 2.45) is 0 Å². The van der Waals surface area contributed by atoms with Crippen molar-refractivity contribution in [2.75, 3.05) is 5.32 Å². The molecule has 1 nitrogen and oxygen atoms in total. The molecule has 0 radical (unpaired) electrons. The third-order valence-corrected chi connectivity index (χ3v) is 4.19. The Hall–Kier alpha value is -1.35. The lowest BCUT2D eigenvalue weighted by Gasteiger charge is -2.21. The summed E-state index contributed by atoms with van der Waals surface area (Å²) in [5.41, 5.74) is 3.58. The predicted octanol–water partition coefficient (Wildman–Crippen LogP) is 6.06. The summed E-state index contributed by atoms with van der Waals surface area (Å²) < 4.78 is 13.8. The zero-order valence-electron chi connectivity index (χ0n) is 12.9. The summed E-state index contributed by atoms with van der Waals surface area (Å²) in [6, 6.07) is 13.7. The standard InChI is InChI=1S/C18H21BrFN/c1-12(13-5-10-17(20)16(19)11-13)21-15-8-6-14(7-9-15)18(2,3)4/h5-12,21H,1-4H3. The van der Waals surface area contributed by atoms with Crippen LogP contribution < -0.4 is 5.32 Å². The Bertz CT molecular complexity index is 614. The maximum absolute atomic E-state index is 13.3. The lowest BCUT2D eigenvalue weighted by molar-refractivity contribution is 0.590. The molecule has 2 aromatic carbocycles. The third-order valence-electron chi connectivity index (χ3n) is 3.58. The molecule has 0 spiro atoms. The van der Waals surface area contributed by atoms with Crippen molar-refractivity contribution in [1.82, 2.24) is 0 Å². The molecule has 0 heterocycles. The van der Waals surface area contributed by atoms with Crippen LogP contribution in [0.5, 0.6) is 0 Å².